The molecule has 0 aromatic carbocycles. The van der Waals surface area contributed by atoms with Crippen LogP contribution in [-0.2, 0) is 4.79 Å². The van der Waals surface area contributed by atoms with Gasteiger partial charge in [0.25, 0.3) is 0 Å². The van der Waals surface area contributed by atoms with Gasteiger partial charge in [0.05, 0.1) is 6.10 Å². The summed E-state index contributed by atoms with van der Waals surface area (Å²) in [5.74, 6) is 0.727. The minimum Gasteiger partial charge on any atom is -0.392 e. The molecule has 0 heterocycles. The highest BCUT2D eigenvalue weighted by molar-refractivity contribution is 5.81. The van der Waals surface area contributed by atoms with Gasteiger partial charge in [-0.25, -0.2) is 0 Å². The molecular formula is C12H22O2. The maximum Gasteiger partial charge on any atom is 0.138 e. The molecule has 2 heteroatoms. The highest BCUT2D eigenvalue weighted by Gasteiger charge is 2.23. The lowest BCUT2D eigenvalue weighted by Gasteiger charge is -2.22. The van der Waals surface area contributed by atoms with Crippen molar-refractivity contribution >= 4 is 5.78 Å². The molecule has 1 unspecified atom stereocenters. The molecule has 1 aliphatic rings. The lowest BCUT2D eigenvalue weighted by Crippen LogP contribution is -2.25. The summed E-state index contributed by atoms with van der Waals surface area (Å²) in [7, 11) is 0. The maximum absolute atomic E-state index is 11.8. The van der Waals surface area contributed by atoms with Crippen LogP contribution < -0.4 is 0 Å². The van der Waals surface area contributed by atoms with E-state index in [9.17, 15) is 9.90 Å². The SMILES string of the molecule is CC(C)C(O)CC(=O)C1CCCCC1. The molecule has 1 atom stereocenters. The van der Waals surface area contributed by atoms with E-state index in [-0.39, 0.29) is 17.6 Å². The second-order valence-electron chi connectivity index (χ2n) is 4.82. The molecule has 14 heavy (non-hydrogen) atoms. The van der Waals surface area contributed by atoms with Crippen LogP contribution in [0.25, 0.3) is 0 Å². The maximum atomic E-state index is 11.8. The number of hydrogen-bond acceptors (Lipinski definition) is 2. The second kappa shape index (κ2) is 5.50. The first-order valence-corrected chi connectivity index (χ1v) is 5.82. The van der Waals surface area contributed by atoms with Crippen LogP contribution in [0.3, 0.4) is 0 Å². The Hall–Kier alpha value is -0.370. The van der Waals surface area contributed by atoms with E-state index in [1.807, 2.05) is 13.8 Å². The fourth-order valence-corrected chi connectivity index (χ4v) is 2.03. The van der Waals surface area contributed by atoms with Crippen molar-refractivity contribution in [3.63, 3.8) is 0 Å². The molecular weight excluding hydrogens is 176 g/mol. The number of hydrogen-bond donors (Lipinski definition) is 1. The average molecular weight is 198 g/mol. The zero-order chi connectivity index (χ0) is 10.6. The molecule has 1 saturated carbocycles. The smallest absolute Gasteiger partial charge is 0.138 e. The van der Waals surface area contributed by atoms with Gasteiger partial charge in [-0.1, -0.05) is 33.1 Å². The van der Waals surface area contributed by atoms with Crippen LogP contribution >= 0.6 is 0 Å². The van der Waals surface area contributed by atoms with E-state index < -0.39 is 6.10 Å². The summed E-state index contributed by atoms with van der Waals surface area (Å²) in [5, 5.41) is 9.61. The summed E-state index contributed by atoms with van der Waals surface area (Å²) in [4.78, 5) is 11.8. The van der Waals surface area contributed by atoms with Gasteiger partial charge in [0.15, 0.2) is 0 Å². The van der Waals surface area contributed by atoms with Gasteiger partial charge in [-0.15, -0.1) is 0 Å². The van der Waals surface area contributed by atoms with Crippen molar-refractivity contribution in [3.8, 4) is 0 Å². The van der Waals surface area contributed by atoms with Gasteiger partial charge in [0, 0.05) is 12.3 Å². The molecule has 0 amide bonds. The fraction of sp³-hybridized carbons (Fsp3) is 0.917. The minimum atomic E-state index is -0.440. The number of rotatable bonds is 4. The Morgan fingerprint density at radius 1 is 1.29 bits per heavy atom. The third kappa shape index (κ3) is 3.41. The molecule has 1 aliphatic carbocycles. The van der Waals surface area contributed by atoms with Gasteiger partial charge in [0.2, 0.25) is 0 Å². The predicted octanol–water partition coefficient (Wildman–Crippen LogP) is 2.54. The van der Waals surface area contributed by atoms with E-state index in [0.717, 1.165) is 12.8 Å². The monoisotopic (exact) mass is 198 g/mol. The molecule has 1 rings (SSSR count). The van der Waals surface area contributed by atoms with Gasteiger partial charge >= 0.3 is 0 Å². The lowest BCUT2D eigenvalue weighted by atomic mass is 9.83. The average Bonchev–Trinajstić information content (AvgIpc) is 2.19. The molecule has 0 radical (unpaired) electrons. The van der Waals surface area contributed by atoms with E-state index in [2.05, 4.69) is 0 Å². The number of carbonyl (C=O) groups is 1. The lowest BCUT2D eigenvalue weighted by molar-refractivity contribution is -0.126. The van der Waals surface area contributed by atoms with Crippen LogP contribution in [0.15, 0.2) is 0 Å². The highest BCUT2D eigenvalue weighted by atomic mass is 16.3. The Morgan fingerprint density at radius 2 is 1.86 bits per heavy atom. The number of aliphatic hydroxyl groups is 1. The second-order valence-corrected chi connectivity index (χ2v) is 4.82. The Balaban J connectivity index is 2.33. The van der Waals surface area contributed by atoms with Crippen LogP contribution in [0.1, 0.15) is 52.4 Å². The topological polar surface area (TPSA) is 37.3 Å². The summed E-state index contributed by atoms with van der Waals surface area (Å²) in [6.07, 6.45) is 5.67. The first-order chi connectivity index (χ1) is 6.61. The standard InChI is InChI=1S/C12H22O2/c1-9(2)11(13)8-12(14)10-6-4-3-5-7-10/h9-11,13H,3-8H2,1-2H3. The number of aliphatic hydroxyl groups excluding tert-OH is 1. The zero-order valence-electron chi connectivity index (χ0n) is 9.33. The molecule has 1 N–H and O–H groups in total. The molecule has 0 aromatic rings. The van der Waals surface area contributed by atoms with Crippen molar-refractivity contribution in [1.82, 2.24) is 0 Å². The molecule has 0 spiro atoms. The van der Waals surface area contributed by atoms with Crippen molar-refractivity contribution < 1.29 is 9.90 Å². The summed E-state index contributed by atoms with van der Waals surface area (Å²) >= 11 is 0. The van der Waals surface area contributed by atoms with E-state index >= 15 is 0 Å². The van der Waals surface area contributed by atoms with E-state index in [0.29, 0.717) is 6.42 Å². The van der Waals surface area contributed by atoms with Crippen molar-refractivity contribution in [2.45, 2.75) is 58.5 Å². The van der Waals surface area contributed by atoms with Gasteiger partial charge in [-0.2, -0.15) is 0 Å². The highest BCUT2D eigenvalue weighted by Crippen LogP contribution is 2.26. The minimum absolute atomic E-state index is 0.197. The zero-order valence-corrected chi connectivity index (χ0v) is 9.33. The van der Waals surface area contributed by atoms with Crippen LogP contribution in [0, 0.1) is 11.8 Å². The first-order valence-electron chi connectivity index (χ1n) is 5.82. The molecule has 0 aromatic heterocycles. The third-order valence-corrected chi connectivity index (χ3v) is 3.24. The van der Waals surface area contributed by atoms with Crippen LogP contribution in [-0.4, -0.2) is 17.0 Å². The van der Waals surface area contributed by atoms with E-state index in [4.69, 9.17) is 0 Å². The number of Topliss-reactive ketones (excluding diaryl/α,β-unsaturated/α-hetero) is 1. The van der Waals surface area contributed by atoms with Gasteiger partial charge in [-0.05, 0) is 18.8 Å². The first kappa shape index (κ1) is 11.7. The van der Waals surface area contributed by atoms with E-state index in [1.165, 1.54) is 19.3 Å². The number of ketones is 1. The van der Waals surface area contributed by atoms with Crippen LogP contribution in [0.5, 0.6) is 0 Å². The largest absolute Gasteiger partial charge is 0.392 e. The van der Waals surface area contributed by atoms with Crippen LogP contribution in [0.4, 0.5) is 0 Å². The van der Waals surface area contributed by atoms with Crippen molar-refractivity contribution in [3.05, 3.63) is 0 Å². The molecule has 82 valence electrons. The molecule has 0 aliphatic heterocycles. The fourth-order valence-electron chi connectivity index (χ4n) is 2.03. The van der Waals surface area contributed by atoms with Gasteiger partial charge in [0.1, 0.15) is 5.78 Å². The molecule has 2 nitrogen and oxygen atoms in total. The summed E-state index contributed by atoms with van der Waals surface area (Å²) in [5.41, 5.74) is 0. The van der Waals surface area contributed by atoms with Crippen molar-refractivity contribution in [2.24, 2.45) is 11.8 Å². The van der Waals surface area contributed by atoms with Crippen molar-refractivity contribution in [1.29, 1.82) is 0 Å². The predicted molar refractivity (Wildman–Crippen MR) is 57.0 cm³/mol. The number of carbonyl (C=O) groups excluding carboxylic acids is 1. The quantitative estimate of drug-likeness (QED) is 0.753. The molecule has 0 bridgehead atoms. The normalized spacial score (nSPS) is 21.1. The third-order valence-electron chi connectivity index (χ3n) is 3.24. The van der Waals surface area contributed by atoms with Crippen LogP contribution in [0.2, 0.25) is 0 Å². The Kier molecular flexibility index (Phi) is 4.59. The Labute approximate surface area is 86.7 Å². The van der Waals surface area contributed by atoms with Crippen molar-refractivity contribution in [2.75, 3.05) is 0 Å². The molecule has 1 fully saturated rings. The molecule has 0 saturated heterocycles. The summed E-state index contributed by atoms with van der Waals surface area (Å²) < 4.78 is 0. The van der Waals surface area contributed by atoms with Gasteiger partial charge < -0.3 is 5.11 Å². The van der Waals surface area contributed by atoms with E-state index in [1.54, 1.807) is 0 Å². The Bertz CT molecular complexity index is 181. The van der Waals surface area contributed by atoms with Gasteiger partial charge in [-0.3, -0.25) is 4.79 Å². The Morgan fingerprint density at radius 3 is 2.36 bits per heavy atom. The summed E-state index contributed by atoms with van der Waals surface area (Å²) in [6, 6.07) is 0. The summed E-state index contributed by atoms with van der Waals surface area (Å²) in [6.45, 7) is 3.91.